The van der Waals surface area contributed by atoms with Crippen molar-refractivity contribution in [3.05, 3.63) is 65.5 Å². The molecular weight excluding hydrogens is 307 g/mol. The smallest absolute Gasteiger partial charge is 0.233 e. The molecule has 0 atom stereocenters. The molecule has 0 aliphatic rings. The van der Waals surface area contributed by atoms with Crippen LogP contribution in [0.5, 0.6) is 5.75 Å². The van der Waals surface area contributed by atoms with E-state index in [1.54, 1.807) is 19.2 Å². The second-order valence-corrected chi connectivity index (χ2v) is 5.50. The highest BCUT2D eigenvalue weighted by atomic mass is 19.1. The van der Waals surface area contributed by atoms with Crippen LogP contribution in [0.1, 0.15) is 11.1 Å². The predicted molar refractivity (Wildman–Crippen MR) is 92.7 cm³/mol. The molecule has 0 saturated heterocycles. The molecule has 1 amide bonds. The summed E-state index contributed by atoms with van der Waals surface area (Å²) >= 11 is 0. The Labute approximate surface area is 142 Å². The monoisotopic (exact) mass is 330 g/mol. The highest BCUT2D eigenvalue weighted by Crippen LogP contribution is 2.12. The molecule has 0 aliphatic heterocycles. The minimum atomic E-state index is -0.234. The molecular formula is C19H23FN2O2. The molecule has 0 fully saturated rings. The van der Waals surface area contributed by atoms with Gasteiger partial charge in [0.15, 0.2) is 0 Å². The van der Waals surface area contributed by atoms with Gasteiger partial charge in [0.1, 0.15) is 11.6 Å². The van der Waals surface area contributed by atoms with Crippen molar-refractivity contribution in [2.75, 3.05) is 26.7 Å². The molecule has 2 aromatic carbocycles. The number of ether oxygens (including phenoxy) is 1. The van der Waals surface area contributed by atoms with Gasteiger partial charge in [-0.05, 0) is 54.8 Å². The van der Waals surface area contributed by atoms with Gasteiger partial charge in [-0.25, -0.2) is 4.39 Å². The molecule has 0 bridgehead atoms. The Hall–Kier alpha value is -2.40. The molecule has 0 radical (unpaired) electrons. The number of nitrogens with one attached hydrogen (secondary N) is 2. The average Bonchev–Trinajstić information content (AvgIpc) is 2.60. The summed E-state index contributed by atoms with van der Waals surface area (Å²) in [6.45, 7) is 1.54. The lowest BCUT2D eigenvalue weighted by atomic mass is 10.1. The maximum atomic E-state index is 12.8. The Balaban J connectivity index is 1.58. The number of carbonyl (C=O) groups excluding carboxylic acids is 1. The zero-order chi connectivity index (χ0) is 17.2. The SMILES string of the molecule is COc1cccc(CCNC(=O)CNCCc2ccc(F)cc2)c1. The van der Waals surface area contributed by atoms with E-state index in [2.05, 4.69) is 10.6 Å². The summed E-state index contributed by atoms with van der Waals surface area (Å²) in [7, 11) is 1.64. The number of benzene rings is 2. The minimum absolute atomic E-state index is 0.0306. The van der Waals surface area contributed by atoms with Crippen molar-refractivity contribution < 1.29 is 13.9 Å². The second-order valence-electron chi connectivity index (χ2n) is 5.50. The van der Waals surface area contributed by atoms with Gasteiger partial charge in [-0.2, -0.15) is 0 Å². The van der Waals surface area contributed by atoms with Gasteiger partial charge in [0, 0.05) is 6.54 Å². The van der Waals surface area contributed by atoms with E-state index in [-0.39, 0.29) is 18.3 Å². The Morgan fingerprint density at radius 1 is 1.04 bits per heavy atom. The summed E-state index contributed by atoms with van der Waals surface area (Å²) in [5.74, 6) is 0.556. The Bertz CT molecular complexity index is 644. The predicted octanol–water partition coefficient (Wildman–Crippen LogP) is 2.33. The van der Waals surface area contributed by atoms with Crippen molar-refractivity contribution in [3.8, 4) is 5.75 Å². The third kappa shape index (κ3) is 6.38. The van der Waals surface area contributed by atoms with E-state index < -0.39 is 0 Å². The summed E-state index contributed by atoms with van der Waals surface area (Å²) in [4.78, 5) is 11.8. The van der Waals surface area contributed by atoms with Crippen LogP contribution in [-0.4, -0.2) is 32.7 Å². The Morgan fingerprint density at radius 2 is 1.79 bits per heavy atom. The molecule has 0 heterocycles. The second kappa shape index (κ2) is 9.67. The fraction of sp³-hybridized carbons (Fsp3) is 0.316. The van der Waals surface area contributed by atoms with E-state index in [4.69, 9.17) is 4.74 Å². The van der Waals surface area contributed by atoms with Crippen molar-refractivity contribution in [1.29, 1.82) is 0 Å². The van der Waals surface area contributed by atoms with E-state index in [1.165, 1.54) is 12.1 Å². The average molecular weight is 330 g/mol. The number of halogens is 1. The van der Waals surface area contributed by atoms with Crippen LogP contribution in [0.4, 0.5) is 4.39 Å². The van der Waals surface area contributed by atoms with Crippen LogP contribution in [0.2, 0.25) is 0 Å². The summed E-state index contributed by atoms with van der Waals surface area (Å²) in [5, 5.41) is 5.97. The lowest BCUT2D eigenvalue weighted by Crippen LogP contribution is -2.35. The van der Waals surface area contributed by atoms with Crippen molar-refractivity contribution in [3.63, 3.8) is 0 Å². The fourth-order valence-corrected chi connectivity index (χ4v) is 2.32. The first kappa shape index (κ1) is 17.9. The first-order valence-electron chi connectivity index (χ1n) is 8.02. The van der Waals surface area contributed by atoms with Crippen LogP contribution in [0, 0.1) is 5.82 Å². The molecule has 2 aromatic rings. The molecule has 0 aliphatic carbocycles. The van der Waals surface area contributed by atoms with E-state index in [0.717, 1.165) is 29.7 Å². The molecule has 4 nitrogen and oxygen atoms in total. The van der Waals surface area contributed by atoms with Crippen LogP contribution in [0.15, 0.2) is 48.5 Å². The molecule has 0 spiro atoms. The summed E-state index contributed by atoms with van der Waals surface area (Å²) in [5.41, 5.74) is 2.17. The van der Waals surface area contributed by atoms with E-state index in [9.17, 15) is 9.18 Å². The number of hydrogen-bond acceptors (Lipinski definition) is 3. The number of rotatable bonds is 9. The largest absolute Gasteiger partial charge is 0.497 e. The molecule has 128 valence electrons. The van der Waals surface area contributed by atoms with Gasteiger partial charge in [0.25, 0.3) is 0 Å². The van der Waals surface area contributed by atoms with Crippen LogP contribution >= 0.6 is 0 Å². The first-order valence-corrected chi connectivity index (χ1v) is 8.02. The topological polar surface area (TPSA) is 50.4 Å². The third-order valence-electron chi connectivity index (χ3n) is 3.66. The van der Waals surface area contributed by atoms with Gasteiger partial charge < -0.3 is 15.4 Å². The molecule has 2 N–H and O–H groups in total. The Kier molecular flexibility index (Phi) is 7.23. The van der Waals surface area contributed by atoms with Crippen LogP contribution in [0.3, 0.4) is 0 Å². The van der Waals surface area contributed by atoms with Crippen molar-refractivity contribution in [1.82, 2.24) is 10.6 Å². The number of methoxy groups -OCH3 is 1. The normalized spacial score (nSPS) is 10.4. The highest BCUT2D eigenvalue weighted by molar-refractivity contribution is 5.77. The molecule has 0 aromatic heterocycles. The van der Waals surface area contributed by atoms with Crippen LogP contribution in [-0.2, 0) is 17.6 Å². The van der Waals surface area contributed by atoms with E-state index in [1.807, 2.05) is 24.3 Å². The van der Waals surface area contributed by atoms with Crippen molar-refractivity contribution >= 4 is 5.91 Å². The maximum absolute atomic E-state index is 12.8. The molecule has 0 unspecified atom stereocenters. The fourth-order valence-electron chi connectivity index (χ4n) is 2.32. The zero-order valence-corrected chi connectivity index (χ0v) is 13.8. The van der Waals surface area contributed by atoms with Gasteiger partial charge in [-0.3, -0.25) is 4.79 Å². The van der Waals surface area contributed by atoms with Crippen molar-refractivity contribution in [2.24, 2.45) is 0 Å². The van der Waals surface area contributed by atoms with Gasteiger partial charge in [-0.15, -0.1) is 0 Å². The molecule has 5 heteroatoms. The highest BCUT2D eigenvalue weighted by Gasteiger charge is 2.01. The number of amides is 1. The zero-order valence-electron chi connectivity index (χ0n) is 13.8. The van der Waals surface area contributed by atoms with Gasteiger partial charge in [-0.1, -0.05) is 24.3 Å². The number of carbonyl (C=O) groups is 1. The summed E-state index contributed by atoms with van der Waals surface area (Å²) in [6, 6.07) is 14.2. The van der Waals surface area contributed by atoms with Gasteiger partial charge in [0.2, 0.25) is 5.91 Å². The summed E-state index contributed by atoms with van der Waals surface area (Å²) in [6.07, 6.45) is 1.52. The van der Waals surface area contributed by atoms with Gasteiger partial charge >= 0.3 is 0 Å². The lowest BCUT2D eigenvalue weighted by Gasteiger charge is -2.08. The first-order chi connectivity index (χ1) is 11.7. The standard InChI is InChI=1S/C19H23FN2O2/c1-24-18-4-2-3-16(13-18)10-12-22-19(23)14-21-11-9-15-5-7-17(20)8-6-15/h2-8,13,21H,9-12,14H2,1H3,(H,22,23). The quantitative estimate of drug-likeness (QED) is 0.694. The molecule has 0 saturated carbocycles. The molecule has 2 rings (SSSR count). The molecule has 24 heavy (non-hydrogen) atoms. The van der Waals surface area contributed by atoms with E-state index >= 15 is 0 Å². The number of hydrogen-bond donors (Lipinski definition) is 2. The van der Waals surface area contributed by atoms with Gasteiger partial charge in [0.05, 0.1) is 13.7 Å². The summed E-state index contributed by atoms with van der Waals surface area (Å²) < 4.78 is 18.0. The van der Waals surface area contributed by atoms with Crippen LogP contribution < -0.4 is 15.4 Å². The minimum Gasteiger partial charge on any atom is -0.497 e. The van der Waals surface area contributed by atoms with Crippen molar-refractivity contribution in [2.45, 2.75) is 12.8 Å². The van der Waals surface area contributed by atoms with Crippen LogP contribution in [0.25, 0.3) is 0 Å². The third-order valence-corrected chi connectivity index (χ3v) is 3.66. The lowest BCUT2D eigenvalue weighted by molar-refractivity contribution is -0.120. The Morgan fingerprint density at radius 3 is 2.54 bits per heavy atom. The maximum Gasteiger partial charge on any atom is 0.233 e. The van der Waals surface area contributed by atoms with E-state index in [0.29, 0.717) is 13.1 Å².